The zero-order valence-electron chi connectivity index (χ0n) is 12.4. The Morgan fingerprint density at radius 1 is 1.36 bits per heavy atom. The van der Waals surface area contributed by atoms with Crippen molar-refractivity contribution in [3.05, 3.63) is 34.1 Å². The highest BCUT2D eigenvalue weighted by Crippen LogP contribution is 2.23. The van der Waals surface area contributed by atoms with E-state index in [-0.39, 0.29) is 17.5 Å². The summed E-state index contributed by atoms with van der Waals surface area (Å²) in [5.74, 6) is -1.43. The molecule has 4 nitrogen and oxygen atoms in total. The van der Waals surface area contributed by atoms with Crippen molar-refractivity contribution in [3.63, 3.8) is 0 Å². The van der Waals surface area contributed by atoms with E-state index in [0.29, 0.717) is 10.4 Å². The van der Waals surface area contributed by atoms with Crippen molar-refractivity contribution < 1.29 is 18.7 Å². The van der Waals surface area contributed by atoms with Crippen LogP contribution in [-0.2, 0) is 9.53 Å². The predicted molar refractivity (Wildman–Crippen MR) is 83.9 cm³/mol. The van der Waals surface area contributed by atoms with Gasteiger partial charge in [0.2, 0.25) is 0 Å². The minimum absolute atomic E-state index is 0.129. The van der Waals surface area contributed by atoms with Gasteiger partial charge in [-0.3, -0.25) is 4.79 Å². The highest BCUT2D eigenvalue weighted by molar-refractivity contribution is 9.10. The Morgan fingerprint density at radius 3 is 2.77 bits per heavy atom. The molecule has 1 saturated carbocycles. The van der Waals surface area contributed by atoms with E-state index in [4.69, 9.17) is 4.74 Å². The fourth-order valence-electron chi connectivity index (χ4n) is 2.64. The molecule has 2 atom stereocenters. The molecule has 0 bridgehead atoms. The van der Waals surface area contributed by atoms with Crippen LogP contribution in [0.3, 0.4) is 0 Å². The first kappa shape index (κ1) is 16.9. The molecule has 0 saturated heterocycles. The zero-order chi connectivity index (χ0) is 16.1. The number of hydrogen-bond acceptors (Lipinski definition) is 3. The smallest absolute Gasteiger partial charge is 0.341 e. The lowest BCUT2D eigenvalue weighted by atomic mass is 9.86. The van der Waals surface area contributed by atoms with Crippen LogP contribution in [0.2, 0.25) is 0 Å². The maximum Gasteiger partial charge on any atom is 0.341 e. The van der Waals surface area contributed by atoms with Gasteiger partial charge in [-0.05, 0) is 37.0 Å². The van der Waals surface area contributed by atoms with E-state index in [1.54, 1.807) is 6.07 Å². The van der Waals surface area contributed by atoms with Gasteiger partial charge in [0, 0.05) is 10.5 Å². The summed E-state index contributed by atoms with van der Waals surface area (Å²) >= 11 is 3.11. The van der Waals surface area contributed by atoms with E-state index in [0.717, 1.165) is 19.3 Å². The Bertz CT molecular complexity index is 564. The minimum atomic E-state index is -0.836. The molecule has 0 aromatic heterocycles. The van der Waals surface area contributed by atoms with Crippen LogP contribution >= 0.6 is 15.9 Å². The van der Waals surface area contributed by atoms with Crippen LogP contribution in [0.25, 0.3) is 0 Å². The van der Waals surface area contributed by atoms with Gasteiger partial charge in [0.15, 0.2) is 6.61 Å². The van der Waals surface area contributed by atoms with Crippen molar-refractivity contribution in [2.45, 2.75) is 38.6 Å². The third kappa shape index (κ3) is 4.53. The summed E-state index contributed by atoms with van der Waals surface area (Å²) in [7, 11) is 0. The van der Waals surface area contributed by atoms with Gasteiger partial charge < -0.3 is 10.1 Å². The van der Waals surface area contributed by atoms with Gasteiger partial charge in [-0.15, -0.1) is 0 Å². The lowest BCUT2D eigenvalue weighted by Crippen LogP contribution is -2.42. The van der Waals surface area contributed by atoms with Crippen LogP contribution in [0.15, 0.2) is 22.7 Å². The minimum Gasteiger partial charge on any atom is -0.452 e. The zero-order valence-corrected chi connectivity index (χ0v) is 14.0. The molecule has 1 amide bonds. The van der Waals surface area contributed by atoms with Crippen LogP contribution in [0, 0.1) is 11.7 Å². The molecular weight excluding hydrogens is 353 g/mol. The van der Waals surface area contributed by atoms with E-state index in [9.17, 15) is 14.0 Å². The molecule has 120 valence electrons. The second-order valence-corrected chi connectivity index (χ2v) is 6.55. The van der Waals surface area contributed by atoms with E-state index < -0.39 is 18.4 Å². The fourth-order valence-corrected chi connectivity index (χ4v) is 2.98. The summed E-state index contributed by atoms with van der Waals surface area (Å²) in [6.45, 7) is 1.71. The van der Waals surface area contributed by atoms with E-state index in [1.807, 2.05) is 0 Å². The summed E-state index contributed by atoms with van der Waals surface area (Å²) in [5, 5.41) is 2.88. The third-order valence-corrected chi connectivity index (χ3v) is 4.44. The van der Waals surface area contributed by atoms with E-state index in [1.165, 1.54) is 18.6 Å². The molecular formula is C16H19BrFNO3. The largest absolute Gasteiger partial charge is 0.452 e. The molecule has 1 aliphatic rings. The highest BCUT2D eigenvalue weighted by atomic mass is 79.9. The average Bonchev–Trinajstić information content (AvgIpc) is 2.47. The molecule has 1 fully saturated rings. The Kier molecular flexibility index (Phi) is 5.94. The molecule has 2 rings (SSSR count). The standard InChI is InChI=1S/C16H19BrFNO3/c1-10-4-2-3-5-14(10)19-15(20)9-22-16(21)12-7-6-11(17)8-13(12)18/h6-8,10,14H,2-5,9H2,1H3,(H,19,20)/t10-,14+/m0/s1. The van der Waals surface area contributed by atoms with Gasteiger partial charge >= 0.3 is 5.97 Å². The van der Waals surface area contributed by atoms with Crippen molar-refractivity contribution >= 4 is 27.8 Å². The lowest BCUT2D eigenvalue weighted by Gasteiger charge is -2.29. The Labute approximate surface area is 137 Å². The van der Waals surface area contributed by atoms with Crippen LogP contribution in [0.5, 0.6) is 0 Å². The molecule has 0 spiro atoms. The highest BCUT2D eigenvalue weighted by Gasteiger charge is 2.23. The van der Waals surface area contributed by atoms with Gasteiger partial charge in [-0.1, -0.05) is 35.7 Å². The van der Waals surface area contributed by atoms with Crippen molar-refractivity contribution in [2.24, 2.45) is 5.92 Å². The summed E-state index contributed by atoms with van der Waals surface area (Å²) in [6.07, 6.45) is 4.32. The first-order valence-electron chi connectivity index (χ1n) is 7.39. The first-order valence-corrected chi connectivity index (χ1v) is 8.18. The van der Waals surface area contributed by atoms with E-state index in [2.05, 4.69) is 28.2 Å². The van der Waals surface area contributed by atoms with E-state index >= 15 is 0 Å². The molecule has 0 unspecified atom stereocenters. The lowest BCUT2D eigenvalue weighted by molar-refractivity contribution is -0.125. The van der Waals surface area contributed by atoms with Gasteiger partial charge in [-0.2, -0.15) is 0 Å². The number of carbonyl (C=O) groups excluding carboxylic acids is 2. The predicted octanol–water partition coefficient (Wildman–Crippen LogP) is 3.44. The second kappa shape index (κ2) is 7.72. The van der Waals surface area contributed by atoms with Gasteiger partial charge in [0.1, 0.15) is 5.82 Å². The molecule has 1 aromatic rings. The molecule has 1 aliphatic carbocycles. The molecule has 1 N–H and O–H groups in total. The van der Waals surface area contributed by atoms with Crippen molar-refractivity contribution in [1.82, 2.24) is 5.32 Å². The normalized spacial score (nSPS) is 21.2. The van der Waals surface area contributed by atoms with Crippen molar-refractivity contribution in [1.29, 1.82) is 0 Å². The Balaban J connectivity index is 1.84. The number of rotatable bonds is 4. The SMILES string of the molecule is C[C@H]1CCCC[C@H]1NC(=O)COC(=O)c1ccc(Br)cc1F. The maximum atomic E-state index is 13.6. The Hall–Kier alpha value is -1.43. The monoisotopic (exact) mass is 371 g/mol. The van der Waals surface area contributed by atoms with Gasteiger partial charge in [0.25, 0.3) is 5.91 Å². The topological polar surface area (TPSA) is 55.4 Å². The summed E-state index contributed by atoms with van der Waals surface area (Å²) in [4.78, 5) is 23.6. The molecule has 0 aliphatic heterocycles. The number of esters is 1. The van der Waals surface area contributed by atoms with Crippen molar-refractivity contribution in [3.8, 4) is 0 Å². The molecule has 6 heteroatoms. The fraction of sp³-hybridized carbons (Fsp3) is 0.500. The van der Waals surface area contributed by atoms with Crippen molar-refractivity contribution in [2.75, 3.05) is 6.61 Å². The number of hydrogen-bond donors (Lipinski definition) is 1. The van der Waals surface area contributed by atoms with Crippen LogP contribution < -0.4 is 5.32 Å². The van der Waals surface area contributed by atoms with Gasteiger partial charge in [0.05, 0.1) is 5.56 Å². The third-order valence-electron chi connectivity index (χ3n) is 3.94. The number of halogens is 2. The van der Waals surface area contributed by atoms with Crippen LogP contribution in [-0.4, -0.2) is 24.5 Å². The summed E-state index contributed by atoms with van der Waals surface area (Å²) in [6, 6.07) is 4.18. The average molecular weight is 372 g/mol. The maximum absolute atomic E-state index is 13.6. The molecule has 1 aromatic carbocycles. The quantitative estimate of drug-likeness (QED) is 0.824. The second-order valence-electron chi connectivity index (χ2n) is 5.64. The van der Waals surface area contributed by atoms with Crippen LogP contribution in [0.4, 0.5) is 4.39 Å². The number of amides is 1. The van der Waals surface area contributed by atoms with Crippen LogP contribution in [0.1, 0.15) is 43.0 Å². The summed E-state index contributed by atoms with van der Waals surface area (Å²) < 4.78 is 19.0. The molecule has 0 radical (unpaired) electrons. The summed E-state index contributed by atoms with van der Waals surface area (Å²) in [5.41, 5.74) is -0.179. The number of carbonyl (C=O) groups is 2. The Morgan fingerprint density at radius 2 is 2.09 bits per heavy atom. The molecule has 22 heavy (non-hydrogen) atoms. The number of benzene rings is 1. The number of nitrogens with one attached hydrogen (secondary N) is 1. The first-order chi connectivity index (χ1) is 10.5. The molecule has 0 heterocycles. The van der Waals surface area contributed by atoms with Gasteiger partial charge in [-0.25, -0.2) is 9.18 Å². The number of ether oxygens (including phenoxy) is 1.